The summed E-state index contributed by atoms with van der Waals surface area (Å²) in [5, 5.41) is 0. The molecule has 1 atom stereocenters. The Morgan fingerprint density at radius 1 is 1.12 bits per heavy atom. The number of benzene rings is 1. The molecule has 0 bridgehead atoms. The third-order valence-corrected chi connectivity index (χ3v) is 3.50. The second kappa shape index (κ2) is 4.91. The molecule has 0 heterocycles. The molecule has 16 heavy (non-hydrogen) atoms. The van der Waals surface area contributed by atoms with Crippen LogP contribution in [0.15, 0.2) is 18.2 Å². The minimum atomic E-state index is -0.802. The average Bonchev–Trinajstić information content (AvgIpc) is 2.33. The Bertz CT molecular complexity index is 359. The fourth-order valence-corrected chi connectivity index (χ4v) is 2.53. The van der Waals surface area contributed by atoms with Crippen molar-refractivity contribution in [3.8, 4) is 0 Å². The van der Waals surface area contributed by atoms with Gasteiger partial charge >= 0.3 is 0 Å². The maximum atomic E-state index is 13.6. The smallest absolute Gasteiger partial charge is 0.163 e. The van der Waals surface area contributed by atoms with Gasteiger partial charge in [0.1, 0.15) is 0 Å². The van der Waals surface area contributed by atoms with Gasteiger partial charge in [-0.05, 0) is 24.8 Å². The molecule has 1 fully saturated rings. The summed E-state index contributed by atoms with van der Waals surface area (Å²) in [6, 6.07) is 3.89. The van der Waals surface area contributed by atoms with Gasteiger partial charge in [0.25, 0.3) is 0 Å². The van der Waals surface area contributed by atoms with E-state index in [0.29, 0.717) is 11.5 Å². The van der Waals surface area contributed by atoms with Crippen LogP contribution in [0.1, 0.15) is 43.7 Å². The molecule has 0 spiro atoms. The first-order valence-corrected chi connectivity index (χ1v) is 5.89. The molecule has 3 heteroatoms. The Morgan fingerprint density at radius 2 is 1.81 bits per heavy atom. The number of nitrogens with two attached hydrogens (primary N) is 1. The number of halogens is 2. The van der Waals surface area contributed by atoms with Gasteiger partial charge in [0.15, 0.2) is 11.6 Å². The van der Waals surface area contributed by atoms with Gasteiger partial charge in [-0.1, -0.05) is 31.4 Å². The Kier molecular flexibility index (Phi) is 3.54. The Hall–Kier alpha value is -0.960. The van der Waals surface area contributed by atoms with Crippen molar-refractivity contribution in [3.05, 3.63) is 35.4 Å². The third kappa shape index (κ3) is 2.24. The van der Waals surface area contributed by atoms with E-state index in [1.54, 1.807) is 6.07 Å². The maximum Gasteiger partial charge on any atom is 0.163 e. The van der Waals surface area contributed by atoms with Gasteiger partial charge in [-0.15, -0.1) is 0 Å². The molecule has 1 aliphatic carbocycles. The van der Waals surface area contributed by atoms with E-state index >= 15 is 0 Å². The van der Waals surface area contributed by atoms with Crippen LogP contribution in [-0.4, -0.2) is 0 Å². The molecule has 0 aliphatic heterocycles. The molecule has 2 N–H and O–H groups in total. The van der Waals surface area contributed by atoms with E-state index in [-0.39, 0.29) is 6.04 Å². The van der Waals surface area contributed by atoms with Gasteiger partial charge in [-0.25, -0.2) is 8.78 Å². The largest absolute Gasteiger partial charge is 0.324 e. The van der Waals surface area contributed by atoms with Crippen molar-refractivity contribution >= 4 is 0 Å². The quantitative estimate of drug-likeness (QED) is 0.818. The van der Waals surface area contributed by atoms with Gasteiger partial charge < -0.3 is 5.73 Å². The highest BCUT2D eigenvalue weighted by molar-refractivity contribution is 5.23. The molecule has 0 unspecified atom stereocenters. The zero-order valence-corrected chi connectivity index (χ0v) is 9.26. The predicted octanol–water partition coefficient (Wildman–Crippen LogP) is 3.54. The standard InChI is InChI=1S/C13H17F2N/c14-11-8-4-7-10(12(11)15)13(16)9-5-2-1-3-6-9/h4,7-9,13H,1-3,5-6,16H2/t13-/m0/s1. The fourth-order valence-electron chi connectivity index (χ4n) is 2.53. The first-order valence-electron chi connectivity index (χ1n) is 5.89. The summed E-state index contributed by atoms with van der Waals surface area (Å²) >= 11 is 0. The molecule has 0 aromatic heterocycles. The van der Waals surface area contributed by atoms with E-state index in [4.69, 9.17) is 5.73 Å². The molecule has 0 saturated heterocycles. The monoisotopic (exact) mass is 225 g/mol. The number of hydrogen-bond acceptors (Lipinski definition) is 1. The van der Waals surface area contributed by atoms with Gasteiger partial charge in [0.05, 0.1) is 0 Å². The molecule has 1 aromatic rings. The summed E-state index contributed by atoms with van der Waals surface area (Å²) in [5.41, 5.74) is 6.36. The highest BCUT2D eigenvalue weighted by atomic mass is 19.2. The van der Waals surface area contributed by atoms with Crippen LogP contribution in [0.4, 0.5) is 8.78 Å². The average molecular weight is 225 g/mol. The van der Waals surface area contributed by atoms with E-state index in [0.717, 1.165) is 31.7 Å². The van der Waals surface area contributed by atoms with Crippen molar-refractivity contribution in [2.75, 3.05) is 0 Å². The first kappa shape index (κ1) is 11.5. The van der Waals surface area contributed by atoms with Gasteiger partial charge in [0, 0.05) is 11.6 Å². The molecule has 0 amide bonds. The molecule has 1 aliphatic rings. The van der Waals surface area contributed by atoms with Crippen LogP contribution < -0.4 is 5.73 Å². The van der Waals surface area contributed by atoms with E-state index in [1.807, 2.05) is 0 Å². The highest BCUT2D eigenvalue weighted by Gasteiger charge is 2.24. The van der Waals surface area contributed by atoms with Crippen LogP contribution >= 0.6 is 0 Å². The minimum Gasteiger partial charge on any atom is -0.324 e. The zero-order chi connectivity index (χ0) is 11.5. The van der Waals surface area contributed by atoms with Crippen molar-refractivity contribution < 1.29 is 8.78 Å². The van der Waals surface area contributed by atoms with Gasteiger partial charge in [-0.2, -0.15) is 0 Å². The van der Waals surface area contributed by atoms with Gasteiger partial charge in [0.2, 0.25) is 0 Å². The van der Waals surface area contributed by atoms with E-state index < -0.39 is 11.6 Å². The second-order valence-electron chi connectivity index (χ2n) is 4.57. The van der Waals surface area contributed by atoms with Gasteiger partial charge in [-0.3, -0.25) is 0 Å². The van der Waals surface area contributed by atoms with E-state index in [9.17, 15) is 8.78 Å². The second-order valence-corrected chi connectivity index (χ2v) is 4.57. The Morgan fingerprint density at radius 3 is 2.50 bits per heavy atom. The van der Waals surface area contributed by atoms with Crippen LogP contribution in [-0.2, 0) is 0 Å². The first-order chi connectivity index (χ1) is 7.70. The van der Waals surface area contributed by atoms with Crippen LogP contribution in [0, 0.1) is 17.6 Å². The highest BCUT2D eigenvalue weighted by Crippen LogP contribution is 2.34. The topological polar surface area (TPSA) is 26.0 Å². The van der Waals surface area contributed by atoms with Crippen molar-refractivity contribution in [1.82, 2.24) is 0 Å². The molecular formula is C13H17F2N. The van der Waals surface area contributed by atoms with Crippen LogP contribution in [0.25, 0.3) is 0 Å². The lowest BCUT2D eigenvalue weighted by atomic mass is 9.81. The molecule has 88 valence electrons. The van der Waals surface area contributed by atoms with Crippen LogP contribution in [0.5, 0.6) is 0 Å². The summed E-state index contributed by atoms with van der Waals surface area (Å²) in [6.45, 7) is 0. The summed E-state index contributed by atoms with van der Waals surface area (Å²) in [6.07, 6.45) is 5.58. The molecular weight excluding hydrogens is 208 g/mol. The lowest BCUT2D eigenvalue weighted by molar-refractivity contribution is 0.301. The summed E-state index contributed by atoms with van der Waals surface area (Å²) in [4.78, 5) is 0. The van der Waals surface area contributed by atoms with Crippen molar-refractivity contribution in [1.29, 1.82) is 0 Å². The fraction of sp³-hybridized carbons (Fsp3) is 0.538. The van der Waals surface area contributed by atoms with Crippen molar-refractivity contribution in [2.24, 2.45) is 11.7 Å². The van der Waals surface area contributed by atoms with E-state index in [2.05, 4.69) is 0 Å². The molecule has 1 nitrogen and oxygen atoms in total. The maximum absolute atomic E-state index is 13.6. The Balaban J connectivity index is 2.19. The van der Waals surface area contributed by atoms with Crippen LogP contribution in [0.3, 0.4) is 0 Å². The zero-order valence-electron chi connectivity index (χ0n) is 9.26. The lowest BCUT2D eigenvalue weighted by Gasteiger charge is -2.27. The number of hydrogen-bond donors (Lipinski definition) is 1. The molecule has 1 aromatic carbocycles. The third-order valence-electron chi connectivity index (χ3n) is 3.50. The summed E-state index contributed by atoms with van der Waals surface area (Å²) < 4.78 is 26.6. The predicted molar refractivity (Wildman–Crippen MR) is 59.9 cm³/mol. The van der Waals surface area contributed by atoms with E-state index in [1.165, 1.54) is 12.5 Å². The normalized spacial score (nSPS) is 19.7. The minimum absolute atomic E-state index is 0.296. The Labute approximate surface area is 94.7 Å². The number of rotatable bonds is 2. The SMILES string of the molecule is N[C@H](c1cccc(F)c1F)C1CCCCC1. The van der Waals surface area contributed by atoms with Crippen molar-refractivity contribution in [3.63, 3.8) is 0 Å². The summed E-state index contributed by atoms with van der Waals surface area (Å²) in [5.74, 6) is -1.28. The molecule has 0 radical (unpaired) electrons. The lowest BCUT2D eigenvalue weighted by Crippen LogP contribution is -2.24. The molecule has 1 saturated carbocycles. The van der Waals surface area contributed by atoms with Crippen molar-refractivity contribution in [2.45, 2.75) is 38.1 Å². The van der Waals surface area contributed by atoms with Crippen LogP contribution in [0.2, 0.25) is 0 Å². The molecule has 2 rings (SSSR count). The summed E-state index contributed by atoms with van der Waals surface area (Å²) in [7, 11) is 0.